The molecule has 0 saturated heterocycles. The molecule has 0 saturated carbocycles. The fourth-order valence-electron chi connectivity index (χ4n) is 1.71. The standard InChI is InChI=1S/C12H12BrN3O2/c13-11-9-15(14-12(11)16(17)18)8-4-7-10-5-2-1-3-6-10/h1-3,5-6,9H,4,7-8H2. The summed E-state index contributed by atoms with van der Waals surface area (Å²) in [5.41, 5.74) is 1.26. The van der Waals surface area contributed by atoms with Crippen molar-refractivity contribution in [2.45, 2.75) is 19.4 Å². The molecule has 5 nitrogen and oxygen atoms in total. The lowest BCUT2D eigenvalue weighted by atomic mass is 10.1. The zero-order chi connectivity index (χ0) is 13.0. The van der Waals surface area contributed by atoms with E-state index in [9.17, 15) is 10.1 Å². The number of nitrogens with zero attached hydrogens (tertiary/aromatic N) is 3. The van der Waals surface area contributed by atoms with Crippen molar-refractivity contribution >= 4 is 21.7 Å². The highest BCUT2D eigenvalue weighted by Gasteiger charge is 2.17. The molecule has 18 heavy (non-hydrogen) atoms. The van der Waals surface area contributed by atoms with Gasteiger partial charge in [-0.1, -0.05) is 30.3 Å². The lowest BCUT2D eigenvalue weighted by molar-refractivity contribution is -0.390. The van der Waals surface area contributed by atoms with E-state index in [1.54, 1.807) is 10.9 Å². The Morgan fingerprint density at radius 3 is 2.67 bits per heavy atom. The fraction of sp³-hybridized carbons (Fsp3) is 0.250. The van der Waals surface area contributed by atoms with Crippen molar-refractivity contribution in [3.05, 3.63) is 56.7 Å². The average molecular weight is 310 g/mol. The normalized spacial score (nSPS) is 10.5. The van der Waals surface area contributed by atoms with Gasteiger partial charge in [0.1, 0.15) is 4.47 Å². The summed E-state index contributed by atoms with van der Waals surface area (Å²) in [5.74, 6) is -0.130. The van der Waals surface area contributed by atoms with Gasteiger partial charge in [-0.25, -0.2) is 0 Å². The van der Waals surface area contributed by atoms with Crippen LogP contribution in [0.3, 0.4) is 0 Å². The maximum Gasteiger partial charge on any atom is 0.404 e. The Kier molecular flexibility index (Phi) is 4.09. The summed E-state index contributed by atoms with van der Waals surface area (Å²) in [6, 6.07) is 10.1. The zero-order valence-electron chi connectivity index (χ0n) is 9.62. The minimum Gasteiger partial charge on any atom is -0.358 e. The third kappa shape index (κ3) is 3.16. The predicted octanol–water partition coefficient (Wildman–Crippen LogP) is 3.19. The maximum atomic E-state index is 10.6. The van der Waals surface area contributed by atoms with Crippen LogP contribution in [0.5, 0.6) is 0 Å². The van der Waals surface area contributed by atoms with E-state index in [-0.39, 0.29) is 5.82 Å². The van der Waals surface area contributed by atoms with E-state index >= 15 is 0 Å². The predicted molar refractivity (Wildman–Crippen MR) is 71.3 cm³/mol. The van der Waals surface area contributed by atoms with Crippen LogP contribution in [0.15, 0.2) is 41.0 Å². The Labute approximate surface area is 113 Å². The van der Waals surface area contributed by atoms with Gasteiger partial charge >= 0.3 is 5.82 Å². The summed E-state index contributed by atoms with van der Waals surface area (Å²) in [6.07, 6.45) is 3.48. The van der Waals surface area contributed by atoms with Crippen molar-refractivity contribution in [3.63, 3.8) is 0 Å². The van der Waals surface area contributed by atoms with Crippen molar-refractivity contribution in [3.8, 4) is 0 Å². The molecule has 94 valence electrons. The SMILES string of the molecule is O=[N+]([O-])c1nn(CCCc2ccccc2)cc1Br. The van der Waals surface area contributed by atoms with E-state index in [1.165, 1.54) is 5.56 Å². The molecule has 2 aromatic rings. The second-order valence-electron chi connectivity index (χ2n) is 3.91. The van der Waals surface area contributed by atoms with E-state index in [4.69, 9.17) is 0 Å². The molecular weight excluding hydrogens is 298 g/mol. The summed E-state index contributed by atoms with van der Waals surface area (Å²) in [7, 11) is 0. The van der Waals surface area contributed by atoms with Crippen LogP contribution in [-0.2, 0) is 13.0 Å². The summed E-state index contributed by atoms with van der Waals surface area (Å²) in [5, 5.41) is 14.5. The van der Waals surface area contributed by atoms with Gasteiger partial charge in [0.05, 0.1) is 17.8 Å². The van der Waals surface area contributed by atoms with E-state index in [0.29, 0.717) is 11.0 Å². The first-order valence-corrected chi connectivity index (χ1v) is 6.37. The van der Waals surface area contributed by atoms with Crippen LogP contribution in [0.1, 0.15) is 12.0 Å². The highest BCUT2D eigenvalue weighted by atomic mass is 79.9. The molecule has 0 atom stereocenters. The summed E-state index contributed by atoms with van der Waals surface area (Å²) in [4.78, 5) is 10.1. The van der Waals surface area contributed by atoms with Crippen LogP contribution in [0, 0.1) is 10.1 Å². The smallest absolute Gasteiger partial charge is 0.358 e. The first-order chi connectivity index (χ1) is 8.66. The molecule has 2 rings (SSSR count). The molecule has 0 aliphatic heterocycles. The number of aryl methyl sites for hydroxylation is 2. The van der Waals surface area contributed by atoms with Gasteiger partial charge in [0, 0.05) is 0 Å². The van der Waals surface area contributed by atoms with Crippen molar-refractivity contribution in [1.82, 2.24) is 9.78 Å². The minimum absolute atomic E-state index is 0.130. The number of halogens is 1. The Morgan fingerprint density at radius 2 is 2.06 bits per heavy atom. The summed E-state index contributed by atoms with van der Waals surface area (Å²) >= 11 is 3.13. The number of benzene rings is 1. The molecule has 0 N–H and O–H groups in total. The van der Waals surface area contributed by atoms with Crippen LogP contribution in [0.2, 0.25) is 0 Å². The van der Waals surface area contributed by atoms with Crippen LogP contribution in [0.4, 0.5) is 5.82 Å². The molecule has 1 aromatic heterocycles. The van der Waals surface area contributed by atoms with Crippen LogP contribution < -0.4 is 0 Å². The zero-order valence-corrected chi connectivity index (χ0v) is 11.2. The second kappa shape index (κ2) is 5.77. The van der Waals surface area contributed by atoms with Crippen LogP contribution in [-0.4, -0.2) is 14.7 Å². The van der Waals surface area contributed by atoms with Crippen molar-refractivity contribution in [2.24, 2.45) is 0 Å². The molecule has 6 heteroatoms. The van der Waals surface area contributed by atoms with Crippen molar-refractivity contribution < 1.29 is 4.92 Å². The number of hydrogen-bond acceptors (Lipinski definition) is 3. The number of aromatic nitrogens is 2. The molecule has 0 spiro atoms. The Balaban J connectivity index is 1.91. The molecule has 0 radical (unpaired) electrons. The molecule has 0 unspecified atom stereocenters. The van der Waals surface area contributed by atoms with Crippen molar-refractivity contribution in [2.75, 3.05) is 0 Å². The van der Waals surface area contributed by atoms with Crippen LogP contribution >= 0.6 is 15.9 Å². The molecule has 0 fully saturated rings. The molecule has 0 aliphatic rings. The number of hydrogen-bond donors (Lipinski definition) is 0. The lowest BCUT2D eigenvalue weighted by Gasteiger charge is -1.99. The highest BCUT2D eigenvalue weighted by molar-refractivity contribution is 9.10. The first kappa shape index (κ1) is 12.8. The third-order valence-corrected chi connectivity index (χ3v) is 3.13. The highest BCUT2D eigenvalue weighted by Crippen LogP contribution is 2.22. The van der Waals surface area contributed by atoms with E-state index < -0.39 is 4.92 Å². The van der Waals surface area contributed by atoms with E-state index in [0.717, 1.165) is 12.8 Å². The Bertz CT molecular complexity index is 540. The van der Waals surface area contributed by atoms with Gasteiger partial charge < -0.3 is 10.1 Å². The quantitative estimate of drug-likeness (QED) is 0.629. The fourth-order valence-corrected chi connectivity index (χ4v) is 2.18. The Hall–Kier alpha value is -1.69. The van der Waals surface area contributed by atoms with Gasteiger partial charge in [-0.05, 0) is 39.3 Å². The molecule has 0 aliphatic carbocycles. The average Bonchev–Trinajstić information content (AvgIpc) is 2.72. The van der Waals surface area contributed by atoms with E-state index in [2.05, 4.69) is 33.2 Å². The van der Waals surface area contributed by atoms with Gasteiger partial charge in [-0.2, -0.15) is 4.68 Å². The third-order valence-electron chi connectivity index (χ3n) is 2.57. The second-order valence-corrected chi connectivity index (χ2v) is 4.76. The molecule has 1 heterocycles. The summed E-state index contributed by atoms with van der Waals surface area (Å²) in [6.45, 7) is 0.668. The van der Waals surface area contributed by atoms with Gasteiger partial charge in [0.2, 0.25) is 0 Å². The maximum absolute atomic E-state index is 10.6. The lowest BCUT2D eigenvalue weighted by Crippen LogP contribution is -2.01. The monoisotopic (exact) mass is 309 g/mol. The van der Waals surface area contributed by atoms with Gasteiger partial charge in [0.15, 0.2) is 0 Å². The first-order valence-electron chi connectivity index (χ1n) is 5.58. The molecule has 1 aromatic carbocycles. The van der Waals surface area contributed by atoms with Gasteiger partial charge in [-0.15, -0.1) is 0 Å². The largest absolute Gasteiger partial charge is 0.404 e. The minimum atomic E-state index is -0.488. The summed E-state index contributed by atoms with van der Waals surface area (Å²) < 4.78 is 2.03. The van der Waals surface area contributed by atoms with Crippen molar-refractivity contribution in [1.29, 1.82) is 0 Å². The number of nitro groups is 1. The molecular formula is C12H12BrN3O2. The molecule has 0 amide bonds. The number of rotatable bonds is 5. The topological polar surface area (TPSA) is 61.0 Å². The van der Waals surface area contributed by atoms with Crippen LogP contribution in [0.25, 0.3) is 0 Å². The van der Waals surface area contributed by atoms with E-state index in [1.807, 2.05) is 18.2 Å². The van der Waals surface area contributed by atoms with Gasteiger partial charge in [0.25, 0.3) is 0 Å². The molecule has 0 bridgehead atoms. The Morgan fingerprint density at radius 1 is 1.33 bits per heavy atom. The van der Waals surface area contributed by atoms with Gasteiger partial charge in [-0.3, -0.25) is 0 Å².